The van der Waals surface area contributed by atoms with E-state index >= 15 is 0 Å². The summed E-state index contributed by atoms with van der Waals surface area (Å²) in [5.41, 5.74) is 38.0. The Morgan fingerprint density at radius 2 is 0.755 bits per heavy atom. The second kappa shape index (κ2) is 31.8. The van der Waals surface area contributed by atoms with Gasteiger partial charge in [-0.2, -0.15) is 0 Å². The molecule has 14 aromatic rings. The fourth-order valence-electron chi connectivity index (χ4n) is 19.3. The fourth-order valence-corrected chi connectivity index (χ4v) is 19.3. The summed E-state index contributed by atoms with van der Waals surface area (Å²) in [7, 11) is 0. The van der Waals surface area contributed by atoms with E-state index in [0.29, 0.717) is 11.8 Å². The first-order chi connectivity index (χ1) is 54.2. The van der Waals surface area contributed by atoms with Crippen molar-refractivity contribution in [2.75, 3.05) is 4.90 Å². The number of hydrogen-bond acceptors (Lipinski definition) is 1. The summed E-state index contributed by atoms with van der Waals surface area (Å²) < 4.78 is 2.39. The molecule has 2 heteroatoms. The molecular weight excluding hydrogens is 1330 g/mol. The maximum absolute atomic E-state index is 2.69. The van der Waals surface area contributed by atoms with Gasteiger partial charge in [-0.3, -0.25) is 0 Å². The molecule has 0 bridgehead atoms. The number of benzene rings is 13. The van der Waals surface area contributed by atoms with Gasteiger partial charge in [0, 0.05) is 38.9 Å². The zero-order valence-electron chi connectivity index (χ0n) is 65.9. The van der Waals surface area contributed by atoms with Crippen LogP contribution in [0.5, 0.6) is 0 Å². The van der Waals surface area contributed by atoms with E-state index in [4.69, 9.17) is 0 Å². The average Bonchev–Trinajstić information content (AvgIpc) is 1.52. The maximum atomic E-state index is 2.69. The molecule has 2 nitrogen and oxygen atoms in total. The molecule has 1 heterocycles. The number of anilines is 3. The van der Waals surface area contributed by atoms with Crippen molar-refractivity contribution in [3.63, 3.8) is 0 Å². The highest BCUT2D eigenvalue weighted by Crippen LogP contribution is 2.60. The van der Waals surface area contributed by atoms with E-state index in [1.54, 1.807) is 11.1 Å². The molecule has 4 aliphatic rings. The van der Waals surface area contributed by atoms with Gasteiger partial charge in [-0.15, -0.1) is 0 Å². The zero-order valence-corrected chi connectivity index (χ0v) is 65.9. The van der Waals surface area contributed by atoms with Gasteiger partial charge in [0.15, 0.2) is 0 Å². The number of para-hydroxylation sites is 2. The standard InChI is InChI=1S/C62H70.C46H38N2/c1-5-8-10-12-14-18-36-61(37-19-15-13-11-9-6-2)58-40-46(43(4)7-3)28-33-54(58)55-34-29-49(41-59(55)61)50-30-35-56-53-20-16-17-21-57(53)62(60(56)42-50,51-31-26-44-22-24-47(44)38-51)52-32-27-45-23-25-48(45)39-52;1-3-33(2)34-18-20-36(21-19-34)38-24-28-41(29-25-38)48-45-17-11-10-16-43(45)44-32-42(30-31-46(44)48)47(39-14-8-5-9-15-39)40-26-22-37(23-27-40)35-12-6-4-7-13-35/h16-17,20-21,26-35,38-43H,5-15,18-19,22-25,36-37H2,1-4H3;4-33H,3H2,1-2H3. The van der Waals surface area contributed by atoms with Crippen molar-refractivity contribution in [3.05, 3.63) is 358 Å². The van der Waals surface area contributed by atoms with E-state index in [9.17, 15) is 0 Å². The Hall–Kier alpha value is -10.5. The predicted octanol–water partition coefficient (Wildman–Crippen LogP) is 30.3. The van der Waals surface area contributed by atoms with E-state index in [-0.39, 0.29) is 10.8 Å². The molecule has 4 aliphatic carbocycles. The lowest BCUT2D eigenvalue weighted by Gasteiger charge is -2.37. The largest absolute Gasteiger partial charge is 0.310 e. The third-order valence-electron chi connectivity index (χ3n) is 26.2. The van der Waals surface area contributed by atoms with Crippen LogP contribution in [0.1, 0.15) is 223 Å². The van der Waals surface area contributed by atoms with Crippen LogP contribution in [-0.2, 0) is 36.5 Å². The van der Waals surface area contributed by atoms with Crippen molar-refractivity contribution >= 4 is 38.9 Å². The van der Waals surface area contributed by atoms with Crippen LogP contribution in [0.25, 0.3) is 83.1 Å². The first-order valence-electron chi connectivity index (χ1n) is 42.2. The summed E-state index contributed by atoms with van der Waals surface area (Å²) in [5.74, 6) is 1.15. The Bertz CT molecular complexity index is 5500. The minimum atomic E-state index is -0.365. The van der Waals surface area contributed by atoms with Gasteiger partial charge in [0.05, 0.1) is 16.4 Å². The van der Waals surface area contributed by atoms with E-state index in [2.05, 4.69) is 342 Å². The molecule has 0 saturated carbocycles. The lowest BCUT2D eigenvalue weighted by Crippen LogP contribution is -2.30. The predicted molar refractivity (Wildman–Crippen MR) is 470 cm³/mol. The third kappa shape index (κ3) is 13.5. The van der Waals surface area contributed by atoms with Crippen molar-refractivity contribution in [1.82, 2.24) is 4.57 Å². The molecular formula is C108H108N2. The van der Waals surface area contributed by atoms with E-state index < -0.39 is 0 Å². The summed E-state index contributed by atoms with van der Waals surface area (Å²) in [6.07, 6.45) is 25.7. The Morgan fingerprint density at radius 1 is 0.309 bits per heavy atom. The molecule has 0 fully saturated rings. The molecule has 2 unspecified atom stereocenters. The van der Waals surface area contributed by atoms with Gasteiger partial charge in [-0.1, -0.05) is 337 Å². The Morgan fingerprint density at radius 3 is 1.35 bits per heavy atom. The first kappa shape index (κ1) is 72.3. The summed E-state index contributed by atoms with van der Waals surface area (Å²) >= 11 is 0. The van der Waals surface area contributed by atoms with Crippen molar-refractivity contribution < 1.29 is 0 Å². The normalized spacial score (nSPS) is 14.2. The number of aromatic nitrogens is 1. The molecule has 1 aromatic heterocycles. The van der Waals surface area contributed by atoms with Crippen LogP contribution in [0.4, 0.5) is 17.1 Å². The second-order valence-corrected chi connectivity index (χ2v) is 32.6. The highest BCUT2D eigenvalue weighted by atomic mass is 15.1. The van der Waals surface area contributed by atoms with Crippen LogP contribution in [0.15, 0.2) is 291 Å². The molecule has 2 atom stereocenters. The number of nitrogens with zero attached hydrogens (tertiary/aromatic N) is 2. The summed E-state index contributed by atoms with van der Waals surface area (Å²) in [6, 6.07) is 111. The van der Waals surface area contributed by atoms with Gasteiger partial charge >= 0.3 is 0 Å². The van der Waals surface area contributed by atoms with Gasteiger partial charge < -0.3 is 9.47 Å². The SMILES string of the molecule is CCC(C)c1ccc(-c2ccc(-n3c4ccccc4c4cc(N(c5ccccc5)c5ccc(-c6ccccc6)cc5)ccc43)cc2)cc1.CCCCCCCCC1(CCCCCCCC)c2cc(-c3ccc4c(c3)C(c3ccc5c(c3)CC5)(c3ccc5c(c3)CC5)c3ccccc3-4)ccc2-c2ccc(C(C)CC)cc21. The minimum absolute atomic E-state index is 0.0498. The van der Waals surface area contributed by atoms with Gasteiger partial charge in [0.2, 0.25) is 0 Å². The number of aryl methyl sites for hydroxylation is 4. The molecule has 110 heavy (non-hydrogen) atoms. The fraction of sp³-hybridized carbons (Fsp3) is 0.278. The maximum Gasteiger partial charge on any atom is 0.0713 e. The average molecular weight is 1430 g/mol. The number of unbranched alkanes of at least 4 members (excludes halogenated alkanes) is 10. The molecule has 0 N–H and O–H groups in total. The summed E-state index contributed by atoms with van der Waals surface area (Å²) in [4.78, 5) is 2.35. The van der Waals surface area contributed by atoms with Gasteiger partial charge in [0.25, 0.3) is 0 Å². The van der Waals surface area contributed by atoms with E-state index in [1.807, 2.05) is 0 Å². The number of fused-ring (bicyclic) bond motifs is 11. The molecule has 0 saturated heterocycles. The molecule has 550 valence electrons. The highest BCUT2D eigenvalue weighted by Gasteiger charge is 2.48. The van der Waals surface area contributed by atoms with Crippen LogP contribution in [0, 0.1) is 0 Å². The lowest BCUT2D eigenvalue weighted by molar-refractivity contribution is 0.397. The van der Waals surface area contributed by atoms with Crippen LogP contribution in [0.3, 0.4) is 0 Å². The monoisotopic (exact) mass is 1430 g/mol. The molecule has 0 spiro atoms. The van der Waals surface area contributed by atoms with Crippen LogP contribution in [0.2, 0.25) is 0 Å². The minimum Gasteiger partial charge on any atom is -0.310 e. The number of hydrogen-bond donors (Lipinski definition) is 0. The van der Waals surface area contributed by atoms with Crippen molar-refractivity contribution in [2.45, 2.75) is 193 Å². The van der Waals surface area contributed by atoms with Crippen LogP contribution < -0.4 is 4.90 Å². The van der Waals surface area contributed by atoms with E-state index in [1.165, 1.54) is 255 Å². The van der Waals surface area contributed by atoms with E-state index in [0.717, 1.165) is 29.2 Å². The molecule has 18 rings (SSSR count). The second-order valence-electron chi connectivity index (χ2n) is 32.6. The van der Waals surface area contributed by atoms with Crippen molar-refractivity contribution in [1.29, 1.82) is 0 Å². The summed E-state index contributed by atoms with van der Waals surface area (Å²) in [6.45, 7) is 14.0. The van der Waals surface area contributed by atoms with Gasteiger partial charge in [0.1, 0.15) is 0 Å². The molecule has 13 aromatic carbocycles. The highest BCUT2D eigenvalue weighted by molar-refractivity contribution is 6.11. The molecule has 0 radical (unpaired) electrons. The number of rotatable bonds is 27. The Labute approximate surface area is 656 Å². The quantitative estimate of drug-likeness (QED) is 0.0466. The topological polar surface area (TPSA) is 8.17 Å². The Kier molecular flexibility index (Phi) is 20.9. The summed E-state index contributed by atoms with van der Waals surface area (Å²) in [5, 5.41) is 2.47. The van der Waals surface area contributed by atoms with Crippen molar-refractivity contribution in [2.24, 2.45) is 0 Å². The molecule has 0 aliphatic heterocycles. The Balaban J connectivity index is 0.000000166. The third-order valence-corrected chi connectivity index (χ3v) is 26.2. The van der Waals surface area contributed by atoms with Crippen LogP contribution in [-0.4, -0.2) is 4.57 Å². The molecule has 0 amide bonds. The van der Waals surface area contributed by atoms with Gasteiger partial charge in [-0.25, -0.2) is 0 Å². The van der Waals surface area contributed by atoms with Crippen LogP contribution >= 0.6 is 0 Å². The van der Waals surface area contributed by atoms with Gasteiger partial charge in [-0.05, 0) is 258 Å². The lowest BCUT2D eigenvalue weighted by atomic mass is 9.65. The van der Waals surface area contributed by atoms with Crippen molar-refractivity contribution in [3.8, 4) is 61.3 Å². The first-order valence-corrected chi connectivity index (χ1v) is 42.2. The smallest absolute Gasteiger partial charge is 0.0713 e. The zero-order chi connectivity index (χ0) is 74.7.